The molecule has 10 heteroatoms. The molecule has 0 fully saturated rings. The molecule has 0 aliphatic carbocycles. The van der Waals surface area contributed by atoms with Crippen LogP contribution in [0.3, 0.4) is 0 Å². The first-order chi connectivity index (χ1) is 14.7. The highest BCUT2D eigenvalue weighted by atomic mass is 32.2. The summed E-state index contributed by atoms with van der Waals surface area (Å²) in [5.74, 6) is -1.54. The van der Waals surface area contributed by atoms with Crippen LogP contribution in [-0.2, 0) is 16.2 Å². The van der Waals surface area contributed by atoms with Gasteiger partial charge in [0.15, 0.2) is 0 Å². The summed E-state index contributed by atoms with van der Waals surface area (Å²) in [6, 6.07) is 10.6. The summed E-state index contributed by atoms with van der Waals surface area (Å²) in [6.07, 6.45) is -3.69. The van der Waals surface area contributed by atoms with Gasteiger partial charge in [0, 0.05) is 28.4 Å². The highest BCUT2D eigenvalue weighted by Gasteiger charge is 2.34. The zero-order chi connectivity index (χ0) is 23.9. The minimum atomic E-state index is -4.74. The molecule has 0 spiro atoms. The van der Waals surface area contributed by atoms with E-state index in [0.29, 0.717) is 0 Å². The van der Waals surface area contributed by atoms with Gasteiger partial charge in [0.2, 0.25) is 10.0 Å². The van der Waals surface area contributed by atoms with E-state index < -0.39 is 38.9 Å². The van der Waals surface area contributed by atoms with Crippen LogP contribution in [0, 0.1) is 5.82 Å². The molecular weight excluding hydrogens is 458 g/mol. The topological polar surface area (TPSA) is 85.1 Å². The number of nitrogens with zero attached hydrogens (tertiary/aromatic N) is 1. The van der Waals surface area contributed by atoms with E-state index in [1.54, 1.807) is 32.9 Å². The van der Waals surface area contributed by atoms with Crippen molar-refractivity contribution in [1.29, 1.82) is 0 Å². The van der Waals surface area contributed by atoms with Crippen molar-refractivity contribution in [2.24, 2.45) is 0 Å². The third-order valence-corrected chi connectivity index (χ3v) is 6.25. The maximum atomic E-state index is 14.9. The Kier molecular flexibility index (Phi) is 7.25. The number of nitrogens with one attached hydrogen (secondary N) is 1. The van der Waals surface area contributed by atoms with Gasteiger partial charge >= 0.3 is 6.18 Å². The first-order valence-corrected chi connectivity index (χ1v) is 10.9. The summed E-state index contributed by atoms with van der Waals surface area (Å²) >= 11 is 0. The van der Waals surface area contributed by atoms with Gasteiger partial charge in [-0.05, 0) is 44.5 Å². The van der Waals surface area contributed by atoms with Crippen LogP contribution in [0.25, 0.3) is 22.3 Å². The second-order valence-electron chi connectivity index (χ2n) is 8.20. The van der Waals surface area contributed by atoms with Gasteiger partial charge in [-0.3, -0.25) is 0 Å². The molecule has 0 aliphatic rings. The number of nitrogen functional groups attached to an aromatic ring is 1. The molecule has 3 rings (SSSR count). The summed E-state index contributed by atoms with van der Waals surface area (Å²) in [5, 5.41) is 0. The van der Waals surface area contributed by atoms with Gasteiger partial charge in [-0.15, -0.1) is 0 Å². The van der Waals surface area contributed by atoms with E-state index >= 15 is 0 Å². The van der Waals surface area contributed by atoms with E-state index in [1.807, 2.05) is 0 Å². The van der Waals surface area contributed by atoms with Crippen molar-refractivity contribution in [1.82, 2.24) is 9.71 Å². The number of hydrogen-bond donors (Lipinski definition) is 2. The van der Waals surface area contributed by atoms with Crippen LogP contribution in [0.5, 0.6) is 0 Å². The molecule has 3 N–H and O–H groups in total. The van der Waals surface area contributed by atoms with E-state index in [2.05, 4.69) is 9.71 Å². The zero-order valence-corrected chi connectivity index (χ0v) is 18.3. The molecule has 1 aromatic heterocycles. The van der Waals surface area contributed by atoms with Crippen molar-refractivity contribution in [2.45, 2.75) is 44.8 Å². The predicted octanol–water partition coefficient (Wildman–Crippen LogP) is 5.87. The first-order valence-electron chi connectivity index (χ1n) is 9.45. The van der Waals surface area contributed by atoms with Crippen molar-refractivity contribution >= 4 is 15.8 Å². The smallest absolute Gasteiger partial charge is 0.383 e. The Bertz CT molecular complexity index is 1270. The number of nitrogens with two attached hydrogens (primary N) is 1. The normalized spacial score (nSPS) is 12.3. The van der Waals surface area contributed by atoms with Gasteiger partial charge in [-0.25, -0.2) is 22.5 Å². The number of alkyl halides is 3. The summed E-state index contributed by atoms with van der Waals surface area (Å²) < 4.78 is 82.6. The minimum Gasteiger partial charge on any atom is -0.383 e. The summed E-state index contributed by atoms with van der Waals surface area (Å²) in [6.45, 7) is 5.08. The number of hydrogen-bond acceptors (Lipinski definition) is 4. The predicted molar refractivity (Wildman–Crippen MR) is 121 cm³/mol. The van der Waals surface area contributed by atoms with Crippen LogP contribution in [-0.4, -0.2) is 18.9 Å². The lowest BCUT2D eigenvalue weighted by atomic mass is 9.99. The molecule has 0 aliphatic heterocycles. The van der Waals surface area contributed by atoms with Crippen molar-refractivity contribution in [3.63, 3.8) is 0 Å². The molecule has 0 saturated carbocycles. The monoisotopic (exact) mass is 483 g/mol. The molecule has 0 saturated heterocycles. The number of rotatable bonds is 4. The maximum absolute atomic E-state index is 14.9. The van der Waals surface area contributed by atoms with Gasteiger partial charge < -0.3 is 5.73 Å². The van der Waals surface area contributed by atoms with Crippen LogP contribution in [0.2, 0.25) is 0 Å². The molecule has 0 unspecified atom stereocenters. The fraction of sp³-hybridized carbons (Fsp3) is 0.261. The van der Waals surface area contributed by atoms with Crippen LogP contribution < -0.4 is 10.5 Å². The molecular formula is C23H25F4N3O2S. The first kappa shape index (κ1) is 26.3. The number of pyridine rings is 1. The van der Waals surface area contributed by atoms with E-state index in [-0.39, 0.29) is 34.6 Å². The van der Waals surface area contributed by atoms with Crippen LogP contribution >= 0.6 is 0 Å². The highest BCUT2D eigenvalue weighted by Crippen LogP contribution is 2.37. The van der Waals surface area contributed by atoms with E-state index in [9.17, 15) is 26.0 Å². The van der Waals surface area contributed by atoms with E-state index in [0.717, 1.165) is 18.3 Å². The Morgan fingerprint density at radius 3 is 2.15 bits per heavy atom. The van der Waals surface area contributed by atoms with E-state index in [4.69, 9.17) is 5.73 Å². The average Bonchev–Trinajstić information content (AvgIpc) is 2.66. The molecule has 1 heterocycles. The highest BCUT2D eigenvalue weighted by molar-refractivity contribution is 7.89. The average molecular weight is 484 g/mol. The lowest BCUT2D eigenvalue weighted by Crippen LogP contribution is -2.40. The molecule has 0 atom stereocenters. The molecule has 0 radical (unpaired) electrons. The molecule has 2 aromatic carbocycles. The Hall–Kier alpha value is -2.98. The Morgan fingerprint density at radius 1 is 0.939 bits per heavy atom. The Labute approximate surface area is 190 Å². The van der Waals surface area contributed by atoms with Crippen LogP contribution in [0.15, 0.2) is 59.6 Å². The second kappa shape index (κ2) is 9.11. The van der Waals surface area contributed by atoms with E-state index in [1.165, 1.54) is 24.3 Å². The van der Waals surface area contributed by atoms with Crippen LogP contribution in [0.1, 0.15) is 33.8 Å². The number of benzene rings is 2. The fourth-order valence-electron chi connectivity index (χ4n) is 3.16. The minimum absolute atomic E-state index is 0. The third-order valence-electron chi connectivity index (χ3n) is 4.43. The van der Waals surface area contributed by atoms with Crippen molar-refractivity contribution < 1.29 is 26.0 Å². The maximum Gasteiger partial charge on any atom is 0.419 e. The molecule has 0 amide bonds. The Balaban J connectivity index is 0.00000385. The van der Waals surface area contributed by atoms with Gasteiger partial charge in [0.05, 0.1) is 10.5 Å². The SMILES string of the molecule is C.CC(C)(C)NS(=O)(=O)c1ccccc1-c1ccc(-c2cnc(N)c(C(F)(F)F)c2)c(F)c1. The quantitative estimate of drug-likeness (QED) is 0.455. The lowest BCUT2D eigenvalue weighted by molar-refractivity contribution is -0.137. The van der Waals surface area contributed by atoms with Gasteiger partial charge in [0.25, 0.3) is 0 Å². The standard InChI is InChI=1S/C22H21F4N3O2S.CH4/c1-21(2,3)29-32(30,31)19-7-5-4-6-16(19)13-8-9-15(18(23)11-13)14-10-17(22(24,25)26)20(27)28-12-14;/h4-12,29H,1-3H3,(H2,27,28);1H4. The lowest BCUT2D eigenvalue weighted by Gasteiger charge is -2.21. The van der Waals surface area contributed by atoms with Gasteiger partial charge in [-0.2, -0.15) is 13.2 Å². The van der Waals surface area contributed by atoms with Crippen molar-refractivity contribution in [3.8, 4) is 22.3 Å². The number of sulfonamides is 1. The summed E-state index contributed by atoms with van der Waals surface area (Å²) in [4.78, 5) is 3.48. The van der Waals surface area contributed by atoms with Gasteiger partial charge in [0.1, 0.15) is 11.6 Å². The molecule has 5 nitrogen and oxygen atoms in total. The third kappa shape index (κ3) is 5.88. The Morgan fingerprint density at radius 2 is 1.58 bits per heavy atom. The summed E-state index contributed by atoms with van der Waals surface area (Å²) in [5.41, 5.74) is 3.68. The zero-order valence-electron chi connectivity index (χ0n) is 17.5. The molecule has 33 heavy (non-hydrogen) atoms. The van der Waals surface area contributed by atoms with Crippen molar-refractivity contribution in [3.05, 3.63) is 66.1 Å². The molecule has 178 valence electrons. The fourth-order valence-corrected chi connectivity index (χ4v) is 4.81. The van der Waals surface area contributed by atoms with Crippen molar-refractivity contribution in [2.75, 3.05) is 5.73 Å². The number of aromatic nitrogens is 1. The second-order valence-corrected chi connectivity index (χ2v) is 9.85. The van der Waals surface area contributed by atoms with Gasteiger partial charge in [-0.1, -0.05) is 37.8 Å². The largest absolute Gasteiger partial charge is 0.419 e. The molecule has 3 aromatic rings. The number of halogens is 4. The van der Waals surface area contributed by atoms with Crippen LogP contribution in [0.4, 0.5) is 23.4 Å². The summed E-state index contributed by atoms with van der Waals surface area (Å²) in [7, 11) is -3.92. The molecule has 0 bridgehead atoms. The number of anilines is 1.